The summed E-state index contributed by atoms with van der Waals surface area (Å²) < 4.78 is 13.1. The van der Waals surface area contributed by atoms with Gasteiger partial charge in [-0.1, -0.05) is 0 Å². The molecule has 14 heavy (non-hydrogen) atoms. The number of rotatable bonds is 5. The average Bonchev–Trinajstić information content (AvgIpc) is 2.18. The zero-order valence-electron chi connectivity index (χ0n) is 8.13. The highest BCUT2D eigenvalue weighted by molar-refractivity contribution is 6.17. The highest BCUT2D eigenvalue weighted by atomic mass is 35.5. The first-order valence-corrected chi connectivity index (χ1v) is 5.20. The van der Waals surface area contributed by atoms with E-state index in [0.29, 0.717) is 11.7 Å². The smallest absolute Gasteiger partial charge is 0.165 e. The van der Waals surface area contributed by atoms with Crippen LogP contribution in [-0.4, -0.2) is 16.9 Å². The third kappa shape index (κ3) is 3.50. The van der Waals surface area contributed by atoms with Gasteiger partial charge in [0.25, 0.3) is 0 Å². The summed E-state index contributed by atoms with van der Waals surface area (Å²) in [5.41, 5.74) is 0. The fraction of sp³-hybridized carbons (Fsp3) is 0.500. The molecule has 1 atom stereocenters. The number of halogens is 2. The van der Waals surface area contributed by atoms with E-state index in [1.165, 1.54) is 6.07 Å². The van der Waals surface area contributed by atoms with Crippen LogP contribution in [0.3, 0.4) is 0 Å². The van der Waals surface area contributed by atoms with Gasteiger partial charge in [-0.25, -0.2) is 9.37 Å². The third-order valence-electron chi connectivity index (χ3n) is 1.91. The number of nitrogens with one attached hydrogen (secondary N) is 1. The van der Waals surface area contributed by atoms with Crippen LogP contribution in [0.15, 0.2) is 18.3 Å². The number of pyridine rings is 1. The van der Waals surface area contributed by atoms with E-state index >= 15 is 0 Å². The number of nitrogens with zero attached hydrogens (tertiary/aromatic N) is 1. The molecule has 1 unspecified atom stereocenters. The van der Waals surface area contributed by atoms with E-state index in [1.54, 1.807) is 12.3 Å². The van der Waals surface area contributed by atoms with Gasteiger partial charge in [0.1, 0.15) is 0 Å². The second-order valence-electron chi connectivity index (χ2n) is 3.21. The van der Waals surface area contributed by atoms with Crippen molar-refractivity contribution < 1.29 is 4.39 Å². The highest BCUT2D eigenvalue weighted by Crippen LogP contribution is 2.11. The summed E-state index contributed by atoms with van der Waals surface area (Å²) in [6.45, 7) is 1.99. The largest absolute Gasteiger partial charge is 0.365 e. The maximum absolute atomic E-state index is 13.1. The average molecular weight is 217 g/mol. The fourth-order valence-electron chi connectivity index (χ4n) is 1.18. The second kappa shape index (κ2) is 5.81. The van der Waals surface area contributed by atoms with Crippen LogP contribution >= 0.6 is 11.6 Å². The summed E-state index contributed by atoms with van der Waals surface area (Å²) in [4.78, 5) is 3.91. The normalized spacial score (nSPS) is 12.5. The molecule has 1 rings (SSSR count). The van der Waals surface area contributed by atoms with Gasteiger partial charge in [0.05, 0.1) is 0 Å². The topological polar surface area (TPSA) is 24.9 Å². The third-order valence-corrected chi connectivity index (χ3v) is 2.18. The molecule has 0 fully saturated rings. The monoisotopic (exact) mass is 216 g/mol. The first-order valence-electron chi connectivity index (χ1n) is 4.67. The molecule has 1 heterocycles. The van der Waals surface area contributed by atoms with E-state index in [2.05, 4.69) is 10.3 Å². The lowest BCUT2D eigenvalue weighted by atomic mass is 10.2. The van der Waals surface area contributed by atoms with Crippen molar-refractivity contribution in [2.45, 2.75) is 25.8 Å². The zero-order valence-corrected chi connectivity index (χ0v) is 8.89. The maximum atomic E-state index is 13.1. The minimum atomic E-state index is -0.315. The first kappa shape index (κ1) is 11.2. The Kier molecular flexibility index (Phi) is 4.66. The molecular formula is C10H14ClFN2. The van der Waals surface area contributed by atoms with Gasteiger partial charge in [-0.3, -0.25) is 0 Å². The summed E-state index contributed by atoms with van der Waals surface area (Å²) in [6.07, 6.45) is 3.41. The van der Waals surface area contributed by atoms with Crippen LogP contribution in [0.4, 0.5) is 10.2 Å². The predicted octanol–water partition coefficient (Wildman–Crippen LogP) is 3.04. The molecule has 0 aliphatic rings. The van der Waals surface area contributed by atoms with Crippen molar-refractivity contribution in [1.82, 2.24) is 4.98 Å². The minimum Gasteiger partial charge on any atom is -0.365 e. The van der Waals surface area contributed by atoms with Gasteiger partial charge in [-0.2, -0.15) is 0 Å². The van der Waals surface area contributed by atoms with Gasteiger partial charge >= 0.3 is 0 Å². The van der Waals surface area contributed by atoms with Crippen LogP contribution in [0, 0.1) is 5.82 Å². The molecule has 78 valence electrons. The van der Waals surface area contributed by atoms with Gasteiger partial charge in [0.15, 0.2) is 11.6 Å². The molecule has 0 bridgehead atoms. The summed E-state index contributed by atoms with van der Waals surface area (Å²) in [5.74, 6) is 0.635. The Morgan fingerprint density at radius 2 is 2.43 bits per heavy atom. The SMILES string of the molecule is CC(CCCCl)Nc1ncccc1F. The van der Waals surface area contributed by atoms with E-state index in [9.17, 15) is 4.39 Å². The molecule has 0 saturated heterocycles. The number of aromatic nitrogens is 1. The number of hydrogen-bond donors (Lipinski definition) is 1. The molecule has 0 aromatic carbocycles. The van der Waals surface area contributed by atoms with Crippen LogP contribution in [0.5, 0.6) is 0 Å². The molecule has 0 aliphatic heterocycles. The van der Waals surface area contributed by atoms with Crippen LogP contribution in [0.1, 0.15) is 19.8 Å². The number of hydrogen-bond acceptors (Lipinski definition) is 2. The molecule has 1 N–H and O–H groups in total. The van der Waals surface area contributed by atoms with Crippen molar-refractivity contribution in [3.05, 3.63) is 24.1 Å². The summed E-state index contributed by atoms with van der Waals surface area (Å²) in [7, 11) is 0. The molecule has 1 aromatic heterocycles. The maximum Gasteiger partial charge on any atom is 0.165 e. The molecule has 0 aliphatic carbocycles. The van der Waals surface area contributed by atoms with Gasteiger partial charge < -0.3 is 5.32 Å². The Bertz CT molecular complexity index is 281. The van der Waals surface area contributed by atoms with Gasteiger partial charge in [0, 0.05) is 18.1 Å². The molecule has 0 radical (unpaired) electrons. The molecule has 0 spiro atoms. The Labute approximate surface area is 88.5 Å². The van der Waals surface area contributed by atoms with Crippen LogP contribution in [-0.2, 0) is 0 Å². The summed E-state index contributed by atoms with van der Waals surface area (Å²) in [6, 6.07) is 3.16. The Morgan fingerprint density at radius 1 is 1.64 bits per heavy atom. The molecule has 2 nitrogen and oxygen atoms in total. The van der Waals surface area contributed by atoms with Crippen LogP contribution < -0.4 is 5.32 Å². The van der Waals surface area contributed by atoms with E-state index in [1.807, 2.05) is 6.92 Å². The lowest BCUT2D eigenvalue weighted by Gasteiger charge is -2.13. The van der Waals surface area contributed by atoms with Gasteiger partial charge in [0.2, 0.25) is 0 Å². The lowest BCUT2D eigenvalue weighted by Crippen LogP contribution is -2.16. The summed E-state index contributed by atoms with van der Waals surface area (Å²) >= 11 is 5.56. The summed E-state index contributed by atoms with van der Waals surface area (Å²) in [5, 5.41) is 3.00. The standard InChI is InChI=1S/C10H14ClFN2/c1-8(4-2-6-11)14-10-9(12)5-3-7-13-10/h3,5,7-8H,2,4,6H2,1H3,(H,13,14). The van der Waals surface area contributed by atoms with Crippen molar-refractivity contribution in [3.63, 3.8) is 0 Å². The van der Waals surface area contributed by atoms with Crippen molar-refractivity contribution in [2.24, 2.45) is 0 Å². The highest BCUT2D eigenvalue weighted by Gasteiger charge is 2.05. The molecule has 1 aromatic rings. The minimum absolute atomic E-state index is 0.193. The van der Waals surface area contributed by atoms with Crippen LogP contribution in [0.2, 0.25) is 0 Å². The van der Waals surface area contributed by atoms with E-state index in [0.717, 1.165) is 12.8 Å². The van der Waals surface area contributed by atoms with Gasteiger partial charge in [-0.15, -0.1) is 11.6 Å². The zero-order chi connectivity index (χ0) is 10.4. The first-order chi connectivity index (χ1) is 6.74. The lowest BCUT2D eigenvalue weighted by molar-refractivity contribution is 0.613. The van der Waals surface area contributed by atoms with E-state index in [4.69, 9.17) is 11.6 Å². The fourth-order valence-corrected chi connectivity index (χ4v) is 1.34. The van der Waals surface area contributed by atoms with Crippen LogP contribution in [0.25, 0.3) is 0 Å². The molecule has 0 amide bonds. The van der Waals surface area contributed by atoms with E-state index < -0.39 is 0 Å². The number of alkyl halides is 1. The van der Waals surface area contributed by atoms with Crippen molar-refractivity contribution in [2.75, 3.05) is 11.2 Å². The molecular weight excluding hydrogens is 203 g/mol. The van der Waals surface area contributed by atoms with Gasteiger partial charge in [-0.05, 0) is 31.9 Å². The Balaban J connectivity index is 2.47. The van der Waals surface area contributed by atoms with Crippen molar-refractivity contribution in [3.8, 4) is 0 Å². The van der Waals surface area contributed by atoms with Crippen molar-refractivity contribution in [1.29, 1.82) is 0 Å². The predicted molar refractivity (Wildman–Crippen MR) is 57.2 cm³/mol. The number of anilines is 1. The van der Waals surface area contributed by atoms with Crippen molar-refractivity contribution >= 4 is 17.4 Å². The Hall–Kier alpha value is -0.830. The quantitative estimate of drug-likeness (QED) is 0.766. The molecule has 4 heteroatoms. The van der Waals surface area contributed by atoms with E-state index in [-0.39, 0.29) is 11.9 Å². The second-order valence-corrected chi connectivity index (χ2v) is 3.59. The molecule has 0 saturated carbocycles. The Morgan fingerprint density at radius 3 is 3.07 bits per heavy atom.